The number of thiophene rings is 1. The molecule has 0 saturated heterocycles. The fourth-order valence-electron chi connectivity index (χ4n) is 1.52. The number of anilines is 1. The summed E-state index contributed by atoms with van der Waals surface area (Å²) in [5.74, 6) is 0. The number of benzene rings is 1. The highest BCUT2D eigenvalue weighted by Crippen LogP contribution is 2.20. The summed E-state index contributed by atoms with van der Waals surface area (Å²) in [5, 5.41) is 5.33. The van der Waals surface area contributed by atoms with E-state index in [1.165, 1.54) is 16.1 Å². The molecule has 1 aromatic carbocycles. The monoisotopic (exact) mass is 203 g/mol. The van der Waals surface area contributed by atoms with E-state index in [4.69, 9.17) is 0 Å². The lowest BCUT2D eigenvalue weighted by Gasteiger charge is -2.06. The summed E-state index contributed by atoms with van der Waals surface area (Å²) in [6.07, 6.45) is 1.02. The van der Waals surface area contributed by atoms with E-state index < -0.39 is 0 Å². The van der Waals surface area contributed by atoms with E-state index in [0.29, 0.717) is 0 Å². The van der Waals surface area contributed by atoms with Crippen molar-refractivity contribution in [3.8, 4) is 0 Å². The molecule has 0 spiro atoms. The van der Waals surface area contributed by atoms with Gasteiger partial charge in [-0.25, -0.2) is 0 Å². The van der Waals surface area contributed by atoms with Crippen LogP contribution >= 0.6 is 11.3 Å². The third kappa shape index (κ3) is 1.96. The molecule has 0 radical (unpaired) electrons. The van der Waals surface area contributed by atoms with Crippen molar-refractivity contribution in [3.63, 3.8) is 0 Å². The van der Waals surface area contributed by atoms with Gasteiger partial charge in [0, 0.05) is 24.0 Å². The molecular weight excluding hydrogens is 190 g/mol. The molecule has 1 nitrogen and oxygen atoms in total. The molecule has 0 aliphatic heterocycles. The largest absolute Gasteiger partial charge is 0.388 e. The molecule has 0 atom stereocenters. The van der Waals surface area contributed by atoms with Crippen LogP contribution < -0.4 is 5.32 Å². The van der Waals surface area contributed by atoms with E-state index in [1.807, 2.05) is 18.4 Å². The van der Waals surface area contributed by atoms with E-state index in [2.05, 4.69) is 47.1 Å². The van der Waals surface area contributed by atoms with Crippen molar-refractivity contribution in [2.75, 3.05) is 12.4 Å². The smallest absolute Gasteiger partial charge is 0.0373 e. The number of para-hydroxylation sites is 1. The van der Waals surface area contributed by atoms with E-state index >= 15 is 0 Å². The lowest BCUT2D eigenvalue weighted by molar-refractivity contribution is 1.23. The van der Waals surface area contributed by atoms with Crippen LogP contribution in [0, 0.1) is 0 Å². The molecule has 72 valence electrons. The van der Waals surface area contributed by atoms with Gasteiger partial charge in [0.25, 0.3) is 0 Å². The maximum absolute atomic E-state index is 3.21. The minimum Gasteiger partial charge on any atom is -0.388 e. The lowest BCUT2D eigenvalue weighted by atomic mass is 10.1. The van der Waals surface area contributed by atoms with Crippen molar-refractivity contribution in [2.24, 2.45) is 0 Å². The number of hydrogen-bond donors (Lipinski definition) is 1. The first-order valence-corrected chi connectivity index (χ1v) is 5.56. The molecule has 14 heavy (non-hydrogen) atoms. The predicted molar refractivity (Wildman–Crippen MR) is 63.1 cm³/mol. The maximum atomic E-state index is 3.21. The molecule has 0 unspecified atom stereocenters. The zero-order chi connectivity index (χ0) is 9.80. The van der Waals surface area contributed by atoms with Crippen LogP contribution in [0.15, 0.2) is 41.8 Å². The minimum atomic E-state index is 1.02. The third-order valence-corrected chi connectivity index (χ3v) is 3.11. The summed E-state index contributed by atoms with van der Waals surface area (Å²) in [6, 6.07) is 12.7. The number of rotatable bonds is 3. The van der Waals surface area contributed by atoms with Crippen LogP contribution in [0.3, 0.4) is 0 Å². The van der Waals surface area contributed by atoms with Gasteiger partial charge in [0.1, 0.15) is 0 Å². The molecule has 0 amide bonds. The second kappa shape index (κ2) is 4.29. The normalized spacial score (nSPS) is 10.1. The fourth-order valence-corrected chi connectivity index (χ4v) is 2.25. The van der Waals surface area contributed by atoms with Gasteiger partial charge < -0.3 is 5.32 Å². The highest BCUT2D eigenvalue weighted by Gasteiger charge is 2.01. The van der Waals surface area contributed by atoms with Crippen LogP contribution in [-0.2, 0) is 6.42 Å². The van der Waals surface area contributed by atoms with E-state index in [1.54, 1.807) is 0 Å². The standard InChI is InChI=1S/C12H13NS/c1-13-12-7-3-2-5-10(12)9-11-6-4-8-14-11/h2-8,13H,9H2,1H3. The Labute approximate surface area is 88.4 Å². The zero-order valence-corrected chi connectivity index (χ0v) is 8.97. The molecule has 1 heterocycles. The highest BCUT2D eigenvalue weighted by molar-refractivity contribution is 7.09. The topological polar surface area (TPSA) is 12.0 Å². The average molecular weight is 203 g/mol. The van der Waals surface area contributed by atoms with Crippen molar-refractivity contribution in [3.05, 3.63) is 52.2 Å². The molecule has 1 N–H and O–H groups in total. The SMILES string of the molecule is CNc1ccccc1Cc1cccs1. The number of hydrogen-bond acceptors (Lipinski definition) is 2. The van der Waals surface area contributed by atoms with Crippen LogP contribution in [0.1, 0.15) is 10.4 Å². The Bertz CT molecular complexity index is 392. The van der Waals surface area contributed by atoms with Crippen LogP contribution in [0.4, 0.5) is 5.69 Å². The van der Waals surface area contributed by atoms with Crippen molar-refractivity contribution in [1.29, 1.82) is 0 Å². The Balaban J connectivity index is 2.24. The summed E-state index contributed by atoms with van der Waals surface area (Å²) in [6.45, 7) is 0. The first-order chi connectivity index (χ1) is 6.90. The van der Waals surface area contributed by atoms with Gasteiger partial charge in [-0.05, 0) is 23.1 Å². The maximum Gasteiger partial charge on any atom is 0.0373 e. The average Bonchev–Trinajstić information content (AvgIpc) is 2.71. The van der Waals surface area contributed by atoms with Gasteiger partial charge in [0.05, 0.1) is 0 Å². The Kier molecular flexibility index (Phi) is 2.84. The second-order valence-corrected chi connectivity index (χ2v) is 4.20. The van der Waals surface area contributed by atoms with Gasteiger partial charge in [0.15, 0.2) is 0 Å². The molecule has 2 aromatic rings. The summed E-state index contributed by atoms with van der Waals surface area (Å²) >= 11 is 1.81. The van der Waals surface area contributed by atoms with Crippen LogP contribution in [-0.4, -0.2) is 7.05 Å². The molecule has 2 rings (SSSR count). The van der Waals surface area contributed by atoms with Crippen molar-refractivity contribution in [2.45, 2.75) is 6.42 Å². The van der Waals surface area contributed by atoms with Crippen LogP contribution in [0.25, 0.3) is 0 Å². The van der Waals surface area contributed by atoms with Crippen molar-refractivity contribution in [1.82, 2.24) is 0 Å². The molecule has 2 heteroatoms. The minimum absolute atomic E-state index is 1.02. The number of nitrogens with one attached hydrogen (secondary N) is 1. The molecule has 0 aliphatic rings. The van der Waals surface area contributed by atoms with Crippen LogP contribution in [0.2, 0.25) is 0 Å². The molecule has 0 aliphatic carbocycles. The quantitative estimate of drug-likeness (QED) is 0.806. The molecule has 0 fully saturated rings. The Morgan fingerprint density at radius 3 is 2.71 bits per heavy atom. The predicted octanol–water partition coefficient (Wildman–Crippen LogP) is 3.38. The first kappa shape index (κ1) is 9.28. The summed E-state index contributed by atoms with van der Waals surface area (Å²) in [7, 11) is 1.97. The molecule has 0 saturated carbocycles. The van der Waals surface area contributed by atoms with Gasteiger partial charge in [0.2, 0.25) is 0 Å². The first-order valence-electron chi connectivity index (χ1n) is 4.68. The molecule has 0 bridgehead atoms. The van der Waals surface area contributed by atoms with E-state index in [9.17, 15) is 0 Å². The lowest BCUT2D eigenvalue weighted by Crippen LogP contribution is -1.94. The summed E-state index contributed by atoms with van der Waals surface area (Å²) in [5.41, 5.74) is 2.58. The van der Waals surface area contributed by atoms with Crippen molar-refractivity contribution >= 4 is 17.0 Å². The summed E-state index contributed by atoms with van der Waals surface area (Å²) < 4.78 is 0. The fraction of sp³-hybridized carbons (Fsp3) is 0.167. The van der Waals surface area contributed by atoms with Crippen LogP contribution in [0.5, 0.6) is 0 Å². The Morgan fingerprint density at radius 1 is 1.14 bits per heavy atom. The molecule has 1 aromatic heterocycles. The Hall–Kier alpha value is -1.28. The second-order valence-electron chi connectivity index (χ2n) is 3.16. The molecular formula is C12H13NS. The van der Waals surface area contributed by atoms with E-state index in [-0.39, 0.29) is 0 Å². The Morgan fingerprint density at radius 2 is 2.00 bits per heavy atom. The van der Waals surface area contributed by atoms with Gasteiger partial charge in [-0.3, -0.25) is 0 Å². The van der Waals surface area contributed by atoms with Crippen molar-refractivity contribution < 1.29 is 0 Å². The van der Waals surface area contributed by atoms with Gasteiger partial charge in [-0.15, -0.1) is 11.3 Å². The van der Waals surface area contributed by atoms with E-state index in [0.717, 1.165) is 6.42 Å². The summed E-state index contributed by atoms with van der Waals surface area (Å²) in [4.78, 5) is 1.41. The highest BCUT2D eigenvalue weighted by atomic mass is 32.1. The zero-order valence-electron chi connectivity index (χ0n) is 8.16. The van der Waals surface area contributed by atoms with Gasteiger partial charge in [-0.1, -0.05) is 24.3 Å². The van der Waals surface area contributed by atoms with Gasteiger partial charge >= 0.3 is 0 Å². The van der Waals surface area contributed by atoms with Gasteiger partial charge in [-0.2, -0.15) is 0 Å². The third-order valence-electron chi connectivity index (χ3n) is 2.23.